The maximum Gasteiger partial charge on any atom is 3.00 e. The van der Waals surface area contributed by atoms with Crippen molar-refractivity contribution in [3.63, 3.8) is 0 Å². The number of rotatable bonds is 6. The van der Waals surface area contributed by atoms with Crippen LogP contribution in [-0.2, 0) is 14.4 Å². The van der Waals surface area contributed by atoms with Gasteiger partial charge >= 0.3 is 17.4 Å². The Balaban J connectivity index is 0.000000186. The number of carbonyl (C=O) groups excluding carboxylic acids is 3. The van der Waals surface area contributed by atoms with Crippen molar-refractivity contribution in [2.24, 2.45) is 17.2 Å². The SMILES string of the molecule is NCC1CCC(C(=O)[O-])c2ccccc21.NCC1CCC(C(=O)[O-])c2ccccc21.NCC1CCC(C(=O)[O-])c2ccccc21.[Al+3]. The maximum atomic E-state index is 11.0. The van der Waals surface area contributed by atoms with Gasteiger partial charge in [-0.25, -0.2) is 0 Å². The van der Waals surface area contributed by atoms with Gasteiger partial charge in [0.1, 0.15) is 0 Å². The Morgan fingerprint density at radius 3 is 0.870 bits per heavy atom. The Bertz CT molecular complexity index is 1310. The number of benzene rings is 3. The summed E-state index contributed by atoms with van der Waals surface area (Å²) in [6.45, 7) is 1.74. The third-order valence-corrected chi connectivity index (χ3v) is 9.55. The van der Waals surface area contributed by atoms with E-state index in [0.29, 0.717) is 56.7 Å². The molecule has 3 aromatic rings. The van der Waals surface area contributed by atoms with Gasteiger partial charge in [0.25, 0.3) is 0 Å². The van der Waals surface area contributed by atoms with E-state index >= 15 is 0 Å². The fourth-order valence-electron chi connectivity index (χ4n) is 7.11. The number of nitrogens with two attached hydrogens (primary N) is 3. The number of hydrogen-bond acceptors (Lipinski definition) is 9. The van der Waals surface area contributed by atoms with E-state index < -0.39 is 35.7 Å². The van der Waals surface area contributed by atoms with E-state index in [9.17, 15) is 29.7 Å². The zero-order valence-electron chi connectivity index (χ0n) is 26.0. The second-order valence-corrected chi connectivity index (χ2v) is 12.0. The minimum absolute atomic E-state index is 0. The monoisotopic (exact) mass is 639 g/mol. The Morgan fingerprint density at radius 2 is 0.674 bits per heavy atom. The molecule has 6 atom stereocenters. The van der Waals surface area contributed by atoms with Gasteiger partial charge in [-0.1, -0.05) is 72.8 Å². The van der Waals surface area contributed by atoms with Gasteiger partial charge in [-0.05, 0) is 109 Å². The van der Waals surface area contributed by atoms with Crippen molar-refractivity contribution in [3.05, 3.63) is 106 Å². The quantitative estimate of drug-likeness (QED) is 0.325. The Kier molecular flexibility index (Phi) is 14.0. The van der Waals surface area contributed by atoms with Crippen molar-refractivity contribution in [1.29, 1.82) is 0 Å². The van der Waals surface area contributed by atoms with Crippen molar-refractivity contribution in [3.8, 4) is 0 Å². The molecule has 0 saturated carbocycles. The summed E-state index contributed by atoms with van der Waals surface area (Å²) >= 11 is 0. The molecule has 0 spiro atoms. The van der Waals surface area contributed by atoms with E-state index in [0.717, 1.165) is 52.6 Å². The van der Waals surface area contributed by atoms with E-state index in [1.54, 1.807) is 0 Å². The van der Waals surface area contributed by atoms with Crippen molar-refractivity contribution in [2.75, 3.05) is 19.6 Å². The van der Waals surface area contributed by atoms with Crippen LogP contribution in [0.4, 0.5) is 0 Å². The third kappa shape index (κ3) is 8.44. The molecule has 6 N–H and O–H groups in total. The van der Waals surface area contributed by atoms with Gasteiger partial charge < -0.3 is 46.9 Å². The van der Waals surface area contributed by atoms with E-state index in [1.807, 2.05) is 72.8 Å². The van der Waals surface area contributed by atoms with Crippen LogP contribution in [0.15, 0.2) is 72.8 Å². The first-order chi connectivity index (χ1) is 21.7. The normalized spacial score (nSPS) is 24.1. The molecule has 46 heavy (non-hydrogen) atoms. The molecule has 240 valence electrons. The van der Waals surface area contributed by atoms with Crippen LogP contribution in [-0.4, -0.2) is 54.9 Å². The summed E-state index contributed by atoms with van der Waals surface area (Å²) in [5, 5.41) is 32.9. The number of carbonyl (C=O) groups is 3. The van der Waals surface area contributed by atoms with Gasteiger partial charge in [-0.15, -0.1) is 0 Å². The molecule has 0 amide bonds. The summed E-state index contributed by atoms with van der Waals surface area (Å²) in [6.07, 6.45) is 4.44. The Labute approximate surface area is 281 Å². The Hall–Kier alpha value is -3.52. The molecule has 3 aromatic carbocycles. The van der Waals surface area contributed by atoms with Crippen molar-refractivity contribution < 1.29 is 29.7 Å². The summed E-state index contributed by atoms with van der Waals surface area (Å²) in [4.78, 5) is 32.9. The first-order valence-electron chi connectivity index (χ1n) is 15.7. The average molecular weight is 640 g/mol. The van der Waals surface area contributed by atoms with Crippen molar-refractivity contribution in [1.82, 2.24) is 0 Å². The molecule has 0 heterocycles. The fraction of sp³-hybridized carbons (Fsp3) is 0.417. The molecule has 3 aliphatic rings. The zero-order chi connectivity index (χ0) is 32.5. The van der Waals surface area contributed by atoms with Gasteiger partial charge in [-0.2, -0.15) is 0 Å². The predicted octanol–water partition coefficient (Wildman–Crippen LogP) is 0.688. The average Bonchev–Trinajstić information content (AvgIpc) is 3.07. The summed E-state index contributed by atoms with van der Waals surface area (Å²) < 4.78 is 0. The zero-order valence-corrected chi connectivity index (χ0v) is 27.2. The van der Waals surface area contributed by atoms with Crippen LogP contribution >= 0.6 is 0 Å². The molecular weight excluding hydrogens is 597 g/mol. The summed E-state index contributed by atoms with van der Waals surface area (Å²) in [5.41, 5.74) is 22.9. The van der Waals surface area contributed by atoms with Gasteiger partial charge in [0, 0.05) is 35.7 Å². The molecule has 10 heteroatoms. The number of hydrogen-bond donors (Lipinski definition) is 3. The van der Waals surface area contributed by atoms with Crippen LogP contribution in [0.2, 0.25) is 0 Å². The van der Waals surface area contributed by atoms with Crippen LogP contribution in [0.1, 0.15) is 107 Å². The molecule has 3 aliphatic carbocycles. The summed E-state index contributed by atoms with van der Waals surface area (Å²) in [6, 6.07) is 22.9. The number of aliphatic carboxylic acids is 3. The van der Waals surface area contributed by atoms with Crippen LogP contribution in [0.5, 0.6) is 0 Å². The molecule has 0 aliphatic heterocycles. The summed E-state index contributed by atoms with van der Waals surface area (Å²) in [7, 11) is 0. The molecule has 6 unspecified atom stereocenters. The van der Waals surface area contributed by atoms with Gasteiger partial charge in [0.05, 0.1) is 0 Å². The van der Waals surface area contributed by atoms with Crippen LogP contribution in [0.3, 0.4) is 0 Å². The van der Waals surface area contributed by atoms with Crippen LogP contribution in [0.25, 0.3) is 0 Å². The maximum absolute atomic E-state index is 11.0. The largest absolute Gasteiger partial charge is 3.00 e. The first-order valence-corrected chi connectivity index (χ1v) is 15.7. The minimum Gasteiger partial charge on any atom is -0.549 e. The molecule has 9 nitrogen and oxygen atoms in total. The summed E-state index contributed by atoms with van der Waals surface area (Å²) in [5.74, 6) is -3.38. The molecule has 0 fully saturated rings. The standard InChI is InChI=1S/3C12H15NO2.Al/c3*13-7-8-5-6-11(12(14)15)10-4-2-1-3-9(8)10;/h3*1-4,8,11H,5-7,13H2,(H,14,15);/q;;;+3/p-3. The minimum atomic E-state index is -0.974. The second-order valence-electron chi connectivity index (χ2n) is 12.0. The number of fused-ring (bicyclic) bond motifs is 3. The van der Waals surface area contributed by atoms with E-state index in [2.05, 4.69) is 0 Å². The molecule has 0 bridgehead atoms. The first kappa shape index (κ1) is 36.9. The molecular formula is C36H42AlN3O6. The molecule has 6 rings (SSSR count). The van der Waals surface area contributed by atoms with E-state index in [1.165, 1.54) is 0 Å². The fourth-order valence-corrected chi connectivity index (χ4v) is 7.11. The van der Waals surface area contributed by atoms with Crippen LogP contribution in [0, 0.1) is 0 Å². The van der Waals surface area contributed by atoms with Gasteiger partial charge in [0.2, 0.25) is 0 Å². The number of carboxylic acids is 3. The van der Waals surface area contributed by atoms with Crippen LogP contribution < -0.4 is 32.5 Å². The van der Waals surface area contributed by atoms with Gasteiger partial charge in [0.15, 0.2) is 0 Å². The third-order valence-electron chi connectivity index (χ3n) is 9.55. The Morgan fingerprint density at radius 1 is 0.457 bits per heavy atom. The topological polar surface area (TPSA) is 198 Å². The van der Waals surface area contributed by atoms with Gasteiger partial charge in [-0.3, -0.25) is 0 Å². The van der Waals surface area contributed by atoms with E-state index in [-0.39, 0.29) is 17.4 Å². The predicted molar refractivity (Wildman–Crippen MR) is 171 cm³/mol. The van der Waals surface area contributed by atoms with Crippen molar-refractivity contribution >= 4 is 35.3 Å². The molecule has 0 radical (unpaired) electrons. The smallest absolute Gasteiger partial charge is 0.549 e. The second kappa shape index (κ2) is 17.4. The van der Waals surface area contributed by atoms with Crippen molar-refractivity contribution in [2.45, 2.75) is 74.0 Å². The molecule has 0 aromatic heterocycles. The van der Waals surface area contributed by atoms with E-state index in [4.69, 9.17) is 17.2 Å². The number of carboxylic acid groups (broad SMARTS) is 3. The molecule has 0 saturated heterocycles.